The lowest BCUT2D eigenvalue weighted by atomic mass is 10.0. The normalized spacial score (nSPS) is 10.9. The smallest absolute Gasteiger partial charge is 0.170 e. The van der Waals surface area contributed by atoms with Crippen LogP contribution in [-0.4, -0.2) is 5.11 Å². The highest BCUT2D eigenvalue weighted by Crippen LogP contribution is 2.37. The molecular weight excluding hydrogens is 319 g/mol. The van der Waals surface area contributed by atoms with Gasteiger partial charge < -0.3 is 5.11 Å². The summed E-state index contributed by atoms with van der Waals surface area (Å²) in [7, 11) is 0. The Kier molecular flexibility index (Phi) is 4.22. The fourth-order valence-corrected chi connectivity index (χ4v) is 2.13. The van der Waals surface area contributed by atoms with Crippen LogP contribution in [0.1, 0.15) is 5.56 Å². The number of rotatable bonds is 2. The lowest BCUT2D eigenvalue weighted by molar-refractivity contribution is 0.263. The van der Waals surface area contributed by atoms with E-state index in [0.29, 0.717) is 0 Å². The van der Waals surface area contributed by atoms with Crippen molar-refractivity contribution in [3.05, 3.63) is 57.1 Å². The first-order valence-electron chi connectivity index (χ1n) is 5.29. The minimum Gasteiger partial charge on any atom is -0.391 e. The highest BCUT2D eigenvalue weighted by atomic mass is 35.5. The van der Waals surface area contributed by atoms with E-state index < -0.39 is 41.0 Å². The second-order valence-electron chi connectivity index (χ2n) is 3.89. The maximum Gasteiger partial charge on any atom is 0.170 e. The molecule has 0 aliphatic heterocycles. The Hall–Kier alpha value is -1.30. The van der Waals surface area contributed by atoms with E-state index in [2.05, 4.69) is 0 Å². The summed E-state index contributed by atoms with van der Waals surface area (Å²) >= 11 is 11.4. The number of benzene rings is 2. The Balaban J connectivity index is 2.85. The second-order valence-corrected chi connectivity index (χ2v) is 4.74. The van der Waals surface area contributed by atoms with Crippen LogP contribution < -0.4 is 0 Å². The molecule has 20 heavy (non-hydrogen) atoms. The maximum absolute atomic E-state index is 13.9. The molecule has 0 saturated carbocycles. The number of halogens is 6. The average molecular weight is 325 g/mol. The van der Waals surface area contributed by atoms with Crippen molar-refractivity contribution in [2.45, 2.75) is 6.61 Å². The Morgan fingerprint density at radius 1 is 0.900 bits per heavy atom. The van der Waals surface area contributed by atoms with E-state index in [1.807, 2.05) is 0 Å². The van der Waals surface area contributed by atoms with Gasteiger partial charge in [0.15, 0.2) is 23.3 Å². The van der Waals surface area contributed by atoms with Crippen molar-refractivity contribution >= 4 is 23.2 Å². The van der Waals surface area contributed by atoms with E-state index >= 15 is 0 Å². The molecule has 0 amide bonds. The quantitative estimate of drug-likeness (QED) is 0.626. The molecule has 1 N–H and O–H groups in total. The van der Waals surface area contributed by atoms with Crippen LogP contribution >= 0.6 is 23.2 Å². The van der Waals surface area contributed by atoms with Crippen LogP contribution in [-0.2, 0) is 6.61 Å². The molecule has 0 bridgehead atoms. The first-order chi connectivity index (χ1) is 9.38. The van der Waals surface area contributed by atoms with Gasteiger partial charge in [-0.05, 0) is 18.2 Å². The zero-order valence-corrected chi connectivity index (χ0v) is 11.2. The summed E-state index contributed by atoms with van der Waals surface area (Å²) in [6.45, 7) is -1.17. The number of aliphatic hydroxyl groups is 1. The summed E-state index contributed by atoms with van der Waals surface area (Å²) in [4.78, 5) is 0. The molecular formula is C13H6Cl2F4O. The Morgan fingerprint density at radius 2 is 1.45 bits per heavy atom. The van der Waals surface area contributed by atoms with E-state index in [9.17, 15) is 17.6 Å². The molecule has 0 aromatic heterocycles. The van der Waals surface area contributed by atoms with Crippen LogP contribution in [0.4, 0.5) is 17.6 Å². The fraction of sp³-hybridized carbons (Fsp3) is 0.0769. The van der Waals surface area contributed by atoms with Gasteiger partial charge in [-0.15, -0.1) is 0 Å². The lowest BCUT2D eigenvalue weighted by Gasteiger charge is -2.12. The minimum atomic E-state index is -1.67. The fourth-order valence-electron chi connectivity index (χ4n) is 1.74. The van der Waals surface area contributed by atoms with Gasteiger partial charge in [-0.2, -0.15) is 0 Å². The third-order valence-corrected chi connectivity index (χ3v) is 3.27. The first kappa shape index (κ1) is 15.1. The van der Waals surface area contributed by atoms with Crippen LogP contribution in [0.15, 0.2) is 18.2 Å². The summed E-state index contributed by atoms with van der Waals surface area (Å²) in [6, 6.07) is 3.69. The predicted molar refractivity (Wildman–Crippen MR) is 67.7 cm³/mol. The third-order valence-electron chi connectivity index (χ3n) is 2.71. The Labute approximate surface area is 121 Å². The molecule has 0 aliphatic rings. The Bertz CT molecular complexity index is 660. The molecule has 106 valence electrons. The molecule has 0 atom stereocenters. The van der Waals surface area contributed by atoms with Gasteiger partial charge in [0, 0.05) is 15.6 Å². The molecule has 2 rings (SSSR count). The van der Waals surface area contributed by atoms with E-state index in [-0.39, 0.29) is 15.6 Å². The molecule has 0 unspecified atom stereocenters. The maximum atomic E-state index is 13.9. The van der Waals surface area contributed by atoms with Gasteiger partial charge in [-0.3, -0.25) is 0 Å². The zero-order valence-electron chi connectivity index (χ0n) is 9.65. The lowest BCUT2D eigenvalue weighted by Crippen LogP contribution is -2.06. The molecule has 7 heteroatoms. The molecule has 0 fully saturated rings. The van der Waals surface area contributed by atoms with Crippen molar-refractivity contribution in [1.29, 1.82) is 0 Å². The molecule has 0 radical (unpaired) electrons. The Morgan fingerprint density at radius 3 is 1.95 bits per heavy atom. The largest absolute Gasteiger partial charge is 0.391 e. The monoisotopic (exact) mass is 324 g/mol. The average Bonchev–Trinajstić information content (AvgIpc) is 2.41. The minimum absolute atomic E-state index is 0.0928. The highest BCUT2D eigenvalue weighted by Gasteiger charge is 2.26. The van der Waals surface area contributed by atoms with Crippen LogP contribution in [0.5, 0.6) is 0 Å². The van der Waals surface area contributed by atoms with Crippen molar-refractivity contribution < 1.29 is 22.7 Å². The van der Waals surface area contributed by atoms with Crippen molar-refractivity contribution in [3.63, 3.8) is 0 Å². The van der Waals surface area contributed by atoms with Gasteiger partial charge in [-0.1, -0.05) is 23.2 Å². The summed E-state index contributed by atoms with van der Waals surface area (Å²) in [5.41, 5.74) is -2.33. The van der Waals surface area contributed by atoms with Crippen LogP contribution in [0.2, 0.25) is 10.0 Å². The predicted octanol–water partition coefficient (Wildman–Crippen LogP) is 4.71. The van der Waals surface area contributed by atoms with Crippen molar-refractivity contribution in [1.82, 2.24) is 0 Å². The molecule has 1 nitrogen and oxygen atoms in total. The van der Waals surface area contributed by atoms with Gasteiger partial charge in [0.25, 0.3) is 0 Å². The summed E-state index contributed by atoms with van der Waals surface area (Å²) in [5.74, 6) is -6.62. The summed E-state index contributed by atoms with van der Waals surface area (Å²) in [6.07, 6.45) is 0. The highest BCUT2D eigenvalue weighted by molar-refractivity contribution is 6.35. The first-order valence-corrected chi connectivity index (χ1v) is 6.05. The van der Waals surface area contributed by atoms with Gasteiger partial charge in [0.2, 0.25) is 0 Å². The zero-order chi connectivity index (χ0) is 15.0. The van der Waals surface area contributed by atoms with E-state index in [1.165, 1.54) is 12.1 Å². The van der Waals surface area contributed by atoms with E-state index in [1.54, 1.807) is 0 Å². The van der Waals surface area contributed by atoms with Crippen LogP contribution in [0.25, 0.3) is 11.1 Å². The van der Waals surface area contributed by atoms with E-state index in [0.717, 1.165) is 6.07 Å². The third kappa shape index (κ3) is 2.37. The van der Waals surface area contributed by atoms with Crippen molar-refractivity contribution in [3.8, 4) is 11.1 Å². The van der Waals surface area contributed by atoms with Gasteiger partial charge >= 0.3 is 0 Å². The molecule has 0 saturated heterocycles. The van der Waals surface area contributed by atoms with E-state index in [4.69, 9.17) is 28.3 Å². The second kappa shape index (κ2) is 5.60. The molecule has 2 aromatic rings. The molecule has 0 spiro atoms. The van der Waals surface area contributed by atoms with Gasteiger partial charge in [0.05, 0.1) is 17.7 Å². The molecule has 2 aromatic carbocycles. The number of hydrogen-bond acceptors (Lipinski definition) is 1. The topological polar surface area (TPSA) is 20.2 Å². The summed E-state index contributed by atoms with van der Waals surface area (Å²) in [5, 5.41) is 8.72. The SMILES string of the molecule is OCc1c(F)c(F)c(-c2cc(Cl)ccc2Cl)c(F)c1F. The van der Waals surface area contributed by atoms with Crippen molar-refractivity contribution in [2.75, 3.05) is 0 Å². The van der Waals surface area contributed by atoms with Gasteiger partial charge in [0.1, 0.15) is 0 Å². The number of hydrogen-bond donors (Lipinski definition) is 1. The van der Waals surface area contributed by atoms with Crippen LogP contribution in [0, 0.1) is 23.3 Å². The molecule has 0 aliphatic carbocycles. The van der Waals surface area contributed by atoms with Gasteiger partial charge in [-0.25, -0.2) is 17.6 Å². The number of aliphatic hydroxyl groups excluding tert-OH is 1. The molecule has 0 heterocycles. The summed E-state index contributed by atoms with van der Waals surface area (Å²) < 4.78 is 55.0. The van der Waals surface area contributed by atoms with Crippen LogP contribution in [0.3, 0.4) is 0 Å². The van der Waals surface area contributed by atoms with Crippen molar-refractivity contribution in [2.24, 2.45) is 0 Å². The standard InChI is InChI=1S/C13H6Cl2F4O/c14-5-1-2-8(15)6(3-5)9-12(18)10(16)7(4-20)11(17)13(9)19/h1-3,20H,4H2.